The van der Waals surface area contributed by atoms with Gasteiger partial charge in [0, 0.05) is 12.4 Å². The summed E-state index contributed by atoms with van der Waals surface area (Å²) in [6.45, 7) is 0. The molecule has 2 rings (SSSR count). The summed E-state index contributed by atoms with van der Waals surface area (Å²) < 4.78 is 5.03. The van der Waals surface area contributed by atoms with E-state index >= 15 is 0 Å². The van der Waals surface area contributed by atoms with E-state index in [4.69, 9.17) is 4.42 Å². The number of carboxylic acid groups (broad SMARTS) is 1. The topological polar surface area (TPSA) is 107 Å². The first-order chi connectivity index (χ1) is 8.65. The molecular formula is C10H8N3O4S-. The lowest BCUT2D eigenvalue weighted by molar-refractivity contribution is -0.305. The minimum absolute atomic E-state index is 0.261. The van der Waals surface area contributed by atoms with Crippen LogP contribution in [0.3, 0.4) is 0 Å². The number of thioether (sulfide) groups is 1. The lowest BCUT2D eigenvalue weighted by Crippen LogP contribution is -2.38. The lowest BCUT2D eigenvalue weighted by atomic mass is 10.3. The molecule has 0 saturated heterocycles. The standard InChI is InChI=1S/C10H9N3O4S/c14-8(15)4-7-9(16)12-13-10(18-7)11-5-6-2-1-3-17-6/h1-3,5,7H,4H2,(H,12,16)(H,14,15)/p-1. The maximum atomic E-state index is 11.3. The van der Waals surface area contributed by atoms with Crippen molar-refractivity contribution < 1.29 is 19.1 Å². The summed E-state index contributed by atoms with van der Waals surface area (Å²) in [5.41, 5.74) is 2.21. The Labute approximate surface area is 106 Å². The van der Waals surface area contributed by atoms with E-state index in [0.717, 1.165) is 11.8 Å². The number of hydrogen-bond acceptors (Lipinski definition) is 7. The molecule has 94 valence electrons. The number of amides is 1. The van der Waals surface area contributed by atoms with E-state index in [1.807, 2.05) is 0 Å². The van der Waals surface area contributed by atoms with Crippen molar-refractivity contribution in [2.75, 3.05) is 0 Å². The highest BCUT2D eigenvalue weighted by Crippen LogP contribution is 2.20. The van der Waals surface area contributed by atoms with Gasteiger partial charge < -0.3 is 14.3 Å². The molecule has 0 bridgehead atoms. The Balaban J connectivity index is 2.02. The molecule has 1 aliphatic heterocycles. The number of hydrogen-bond donors (Lipinski definition) is 1. The fourth-order valence-corrected chi connectivity index (χ4v) is 2.06. The van der Waals surface area contributed by atoms with E-state index in [9.17, 15) is 14.7 Å². The Hall–Kier alpha value is -2.09. The molecule has 1 atom stereocenters. The number of furan rings is 1. The molecule has 1 aromatic rings. The number of carbonyl (C=O) groups is 2. The highest BCUT2D eigenvalue weighted by molar-refractivity contribution is 8.15. The minimum Gasteiger partial charge on any atom is -0.550 e. The molecule has 18 heavy (non-hydrogen) atoms. The number of amidine groups is 1. The Kier molecular flexibility index (Phi) is 3.78. The molecule has 1 N–H and O–H groups in total. The van der Waals surface area contributed by atoms with Crippen molar-refractivity contribution in [3.63, 3.8) is 0 Å². The molecule has 0 saturated carbocycles. The van der Waals surface area contributed by atoms with Gasteiger partial charge in [0.25, 0.3) is 5.91 Å². The van der Waals surface area contributed by atoms with Crippen LogP contribution in [-0.4, -0.2) is 28.5 Å². The van der Waals surface area contributed by atoms with Crippen molar-refractivity contribution in [1.82, 2.24) is 5.43 Å². The lowest BCUT2D eigenvalue weighted by Gasteiger charge is -2.18. The Morgan fingerprint density at radius 3 is 3.22 bits per heavy atom. The number of nitrogens with one attached hydrogen (secondary N) is 1. The maximum absolute atomic E-state index is 11.3. The zero-order chi connectivity index (χ0) is 13.0. The van der Waals surface area contributed by atoms with Crippen LogP contribution in [0.5, 0.6) is 0 Å². The average Bonchev–Trinajstić information content (AvgIpc) is 2.82. The molecule has 0 aliphatic carbocycles. The second-order valence-electron chi connectivity index (χ2n) is 3.33. The van der Waals surface area contributed by atoms with Crippen LogP contribution in [0.15, 0.2) is 32.9 Å². The van der Waals surface area contributed by atoms with Gasteiger partial charge in [0.1, 0.15) is 5.76 Å². The normalized spacial score (nSPS) is 19.7. The van der Waals surface area contributed by atoms with Crippen molar-refractivity contribution in [2.45, 2.75) is 11.7 Å². The van der Waals surface area contributed by atoms with Crippen molar-refractivity contribution in [3.05, 3.63) is 24.2 Å². The van der Waals surface area contributed by atoms with Crippen LogP contribution in [0.1, 0.15) is 12.2 Å². The molecule has 7 nitrogen and oxygen atoms in total. The highest BCUT2D eigenvalue weighted by Gasteiger charge is 2.25. The van der Waals surface area contributed by atoms with Crippen molar-refractivity contribution in [3.8, 4) is 0 Å². The van der Waals surface area contributed by atoms with Gasteiger partial charge in [-0.05, 0) is 12.1 Å². The van der Waals surface area contributed by atoms with E-state index in [0.29, 0.717) is 5.76 Å². The van der Waals surface area contributed by atoms with Crippen molar-refractivity contribution >= 4 is 35.0 Å². The largest absolute Gasteiger partial charge is 0.550 e. The van der Waals surface area contributed by atoms with Gasteiger partial charge in [-0.1, -0.05) is 11.8 Å². The smallest absolute Gasteiger partial charge is 0.254 e. The number of carbonyl (C=O) groups excluding carboxylic acids is 2. The molecule has 1 unspecified atom stereocenters. The second kappa shape index (κ2) is 5.50. The van der Waals surface area contributed by atoms with Gasteiger partial charge in [0.15, 0.2) is 0 Å². The predicted molar refractivity (Wildman–Crippen MR) is 62.9 cm³/mol. The molecule has 1 aromatic heterocycles. The first-order valence-corrected chi connectivity index (χ1v) is 5.85. The third-order valence-corrected chi connectivity index (χ3v) is 3.07. The summed E-state index contributed by atoms with van der Waals surface area (Å²) >= 11 is 0.967. The van der Waals surface area contributed by atoms with Crippen LogP contribution in [0.4, 0.5) is 0 Å². The molecular weight excluding hydrogens is 258 g/mol. The van der Waals surface area contributed by atoms with Gasteiger partial charge in [-0.2, -0.15) is 0 Å². The van der Waals surface area contributed by atoms with Crippen LogP contribution < -0.4 is 10.5 Å². The van der Waals surface area contributed by atoms with Crippen LogP contribution in [0, 0.1) is 0 Å². The molecule has 0 aromatic carbocycles. The van der Waals surface area contributed by atoms with Gasteiger partial charge in [0.2, 0.25) is 5.17 Å². The van der Waals surface area contributed by atoms with Gasteiger partial charge in [0.05, 0.1) is 17.7 Å². The van der Waals surface area contributed by atoms with Crippen molar-refractivity contribution in [1.29, 1.82) is 0 Å². The highest BCUT2D eigenvalue weighted by atomic mass is 32.2. The van der Waals surface area contributed by atoms with Gasteiger partial charge in [-0.25, -0.2) is 10.4 Å². The first-order valence-electron chi connectivity index (χ1n) is 4.97. The molecule has 8 heteroatoms. The molecule has 0 radical (unpaired) electrons. The summed E-state index contributed by atoms with van der Waals surface area (Å²) in [7, 11) is 0. The molecule has 1 amide bonds. The SMILES string of the molecule is O=C([O-])CC1SC(N=Cc2ccco2)=NNC1=O. The quantitative estimate of drug-likeness (QED) is 0.731. The van der Waals surface area contributed by atoms with E-state index in [1.165, 1.54) is 12.5 Å². The minimum atomic E-state index is -1.29. The molecule has 2 heterocycles. The number of nitrogens with zero attached hydrogens (tertiary/aromatic N) is 2. The van der Waals surface area contributed by atoms with Crippen molar-refractivity contribution in [2.24, 2.45) is 10.1 Å². The van der Waals surface area contributed by atoms with Gasteiger partial charge >= 0.3 is 0 Å². The number of hydrazone groups is 1. The van der Waals surface area contributed by atoms with Gasteiger partial charge in [-0.15, -0.1) is 5.10 Å². The fraction of sp³-hybridized carbons (Fsp3) is 0.200. The fourth-order valence-electron chi connectivity index (χ4n) is 1.21. The Morgan fingerprint density at radius 1 is 1.72 bits per heavy atom. The van der Waals surface area contributed by atoms with Crippen LogP contribution in [0.2, 0.25) is 0 Å². The molecule has 1 aliphatic rings. The summed E-state index contributed by atoms with van der Waals surface area (Å²) in [5.74, 6) is -1.23. The van der Waals surface area contributed by atoms with Crippen LogP contribution in [-0.2, 0) is 9.59 Å². The predicted octanol–water partition coefficient (Wildman–Crippen LogP) is -0.659. The zero-order valence-electron chi connectivity index (χ0n) is 9.03. The zero-order valence-corrected chi connectivity index (χ0v) is 9.85. The molecule has 0 fully saturated rings. The first kappa shape index (κ1) is 12.4. The van der Waals surface area contributed by atoms with Gasteiger partial charge in [-0.3, -0.25) is 4.79 Å². The maximum Gasteiger partial charge on any atom is 0.254 e. The summed E-state index contributed by atoms with van der Waals surface area (Å²) in [6.07, 6.45) is 2.54. The Morgan fingerprint density at radius 2 is 2.56 bits per heavy atom. The summed E-state index contributed by atoms with van der Waals surface area (Å²) in [5, 5.41) is 13.6. The molecule has 0 spiro atoms. The number of aliphatic carboxylic acids is 1. The van der Waals surface area contributed by atoms with E-state index in [1.54, 1.807) is 12.1 Å². The third kappa shape index (κ3) is 3.20. The average molecular weight is 266 g/mol. The monoisotopic (exact) mass is 266 g/mol. The third-order valence-electron chi connectivity index (χ3n) is 2.00. The summed E-state index contributed by atoms with van der Waals surface area (Å²) in [6, 6.07) is 3.41. The van der Waals surface area contributed by atoms with E-state index in [-0.39, 0.29) is 11.6 Å². The number of aliphatic imine (C=N–C) groups is 1. The Bertz CT molecular complexity index is 509. The number of carboxylic acids is 1. The van der Waals surface area contributed by atoms with Crippen LogP contribution in [0.25, 0.3) is 0 Å². The summed E-state index contributed by atoms with van der Waals surface area (Å²) in [4.78, 5) is 25.8. The number of rotatable bonds is 3. The second-order valence-corrected chi connectivity index (χ2v) is 4.50. The van der Waals surface area contributed by atoms with E-state index < -0.39 is 17.1 Å². The van der Waals surface area contributed by atoms with Crippen LogP contribution >= 0.6 is 11.8 Å². The van der Waals surface area contributed by atoms with E-state index in [2.05, 4.69) is 15.5 Å².